The van der Waals surface area contributed by atoms with Gasteiger partial charge in [0.25, 0.3) is 65.0 Å². The number of benzene rings is 7. The molecule has 0 spiro atoms. The Labute approximate surface area is 842 Å². The highest BCUT2D eigenvalue weighted by Crippen LogP contribution is 2.53. The Kier molecular flexibility index (Phi) is 36.0. The van der Waals surface area contributed by atoms with Crippen LogP contribution < -0.4 is 70.0 Å². The van der Waals surface area contributed by atoms with Crippen molar-refractivity contribution in [2.24, 2.45) is 0 Å². The highest BCUT2D eigenvalue weighted by molar-refractivity contribution is 7.48. The molecule has 778 valence electrons. The van der Waals surface area contributed by atoms with Crippen LogP contribution in [0.3, 0.4) is 0 Å². The van der Waals surface area contributed by atoms with Crippen LogP contribution in [0.4, 0.5) is 75.6 Å². The first-order valence-corrected chi connectivity index (χ1v) is 50.7. The van der Waals surface area contributed by atoms with Gasteiger partial charge in [0.15, 0.2) is 59.2 Å². The molecule has 6 aromatic heterocycles. The monoisotopic (exact) mass is 2160 g/mol. The zero-order chi connectivity index (χ0) is 107. The number of imidazole rings is 1. The number of anilines is 13. The van der Waals surface area contributed by atoms with Crippen LogP contribution in [0.5, 0.6) is 0 Å². The molecule has 0 aliphatic carbocycles. The molecule has 22 N–H and O–H groups in total. The highest BCUT2D eigenvalue weighted by atomic mass is 31.2. The maximum atomic E-state index is 15.2. The van der Waals surface area contributed by atoms with Crippen LogP contribution in [0.15, 0.2) is 250 Å². The second-order valence-electron chi connectivity index (χ2n) is 30.8. The predicted molar refractivity (Wildman–Crippen MR) is 523 cm³/mol. The number of ether oxygens (including phenoxy) is 1. The minimum atomic E-state index is -6.54. The molecule has 14 rings (SSSR count). The molecule has 7 aromatic carbocycles. The predicted octanol–water partition coefficient (Wildman–Crippen LogP) is 7.24. The highest BCUT2D eigenvalue weighted by Gasteiger charge is 2.46. The van der Waals surface area contributed by atoms with Gasteiger partial charge in [-0.15, -0.1) is 0 Å². The molecule has 0 bridgehead atoms. The first kappa shape index (κ1) is 109. The molecule has 1 saturated heterocycles. The van der Waals surface area contributed by atoms with E-state index in [0.717, 1.165) is 24.9 Å². The Hall–Kier alpha value is -16.4. The summed E-state index contributed by atoms with van der Waals surface area (Å²) in [4.78, 5) is 266. The number of hydrogen-bond donors (Lipinski definition) is 20. The number of phosphoric ester groups is 5. The summed E-state index contributed by atoms with van der Waals surface area (Å²) in [5.41, 5.74) is 9.78. The van der Waals surface area contributed by atoms with Crippen molar-refractivity contribution in [2.75, 3.05) is 103 Å². The summed E-state index contributed by atoms with van der Waals surface area (Å²) in [6.45, 7) is -8.48. The van der Waals surface area contributed by atoms with Crippen molar-refractivity contribution in [3.63, 3.8) is 0 Å². The van der Waals surface area contributed by atoms with E-state index in [2.05, 4.69) is 113 Å². The largest absolute Gasteiger partial charge is 0.473 e. The van der Waals surface area contributed by atoms with Gasteiger partial charge in [0.05, 0.1) is 64.1 Å². The number of nitrogens with one attached hydrogen (secondary N) is 11. The molecular formula is C87H82N25O33P5. The second-order valence-corrected chi connectivity index (χ2v) is 37.6. The normalized spacial score (nSPS) is 15.7. The third-order valence-corrected chi connectivity index (χ3v) is 24.7. The van der Waals surface area contributed by atoms with Gasteiger partial charge in [0, 0.05) is 45.4 Å². The van der Waals surface area contributed by atoms with E-state index in [0.29, 0.717) is 6.20 Å². The van der Waals surface area contributed by atoms with Crippen LogP contribution in [0.2, 0.25) is 0 Å². The Morgan fingerprint density at radius 3 is 0.927 bits per heavy atom. The Morgan fingerprint density at radius 2 is 0.627 bits per heavy atom. The van der Waals surface area contributed by atoms with Crippen LogP contribution in [0, 0.1) is 0 Å². The van der Waals surface area contributed by atoms with Gasteiger partial charge < -0.3 is 87.9 Å². The summed E-state index contributed by atoms with van der Waals surface area (Å²) in [5.74, 6) is -18.3. The molecule has 7 heterocycles. The molecule has 1 aliphatic rings. The molecule has 1 fully saturated rings. The number of aliphatic hydroxyl groups is 1. The molecule has 0 saturated carbocycles. The average Bonchev–Trinajstić information content (AvgIpc) is 1.63. The summed E-state index contributed by atoms with van der Waals surface area (Å²) >= 11 is 0. The molecule has 4 unspecified atom stereocenters. The lowest BCUT2D eigenvalue weighted by molar-refractivity contribution is -0.128. The number of phosphoric acid groups is 5. The van der Waals surface area contributed by atoms with Crippen molar-refractivity contribution in [1.82, 2.24) is 59.4 Å². The van der Waals surface area contributed by atoms with Gasteiger partial charge in [0.2, 0.25) is 23.8 Å². The number of fused-ring (bicyclic) bond motifs is 1. The summed E-state index contributed by atoms with van der Waals surface area (Å²) in [6.07, 6.45) is -11.3. The molecule has 63 heteroatoms. The number of nitrogen functional groups attached to an aromatic ring is 2. The zero-order valence-electron chi connectivity index (χ0n) is 76.5. The number of carbonyl (C=O) groups excluding carboxylic acids is 11. The van der Waals surface area contributed by atoms with Gasteiger partial charge in [-0.05, 0) is 84.9 Å². The van der Waals surface area contributed by atoms with E-state index in [1.54, 1.807) is 36.4 Å². The molecule has 58 nitrogen and oxygen atoms in total. The fourth-order valence-corrected chi connectivity index (χ4v) is 17.1. The van der Waals surface area contributed by atoms with E-state index >= 15 is 9.59 Å². The van der Waals surface area contributed by atoms with Crippen molar-refractivity contribution in [3.8, 4) is 0 Å². The summed E-state index contributed by atoms with van der Waals surface area (Å²) < 4.78 is 125. The number of aromatic nitrogens is 12. The molecule has 13 aromatic rings. The minimum Gasteiger partial charge on any atom is -0.394 e. The van der Waals surface area contributed by atoms with Crippen molar-refractivity contribution in [2.45, 2.75) is 49.3 Å². The van der Waals surface area contributed by atoms with E-state index in [1.807, 2.05) is 5.32 Å². The third-order valence-electron chi connectivity index (χ3n) is 20.2. The number of carbonyl (C=O) groups is 11. The Morgan fingerprint density at radius 1 is 0.347 bits per heavy atom. The molecular weight excluding hydrogens is 2080 g/mol. The van der Waals surface area contributed by atoms with E-state index in [4.69, 9.17) is 52.4 Å². The summed E-state index contributed by atoms with van der Waals surface area (Å²) in [6, 6.07) is 51.2. The third kappa shape index (κ3) is 30.9. The lowest BCUT2D eigenvalue weighted by Gasteiger charge is -2.25. The Balaban J connectivity index is 0.779. The van der Waals surface area contributed by atoms with Gasteiger partial charge in [-0.2, -0.15) is 19.9 Å². The lowest BCUT2D eigenvalue weighted by Crippen LogP contribution is -2.37. The van der Waals surface area contributed by atoms with E-state index < -0.39 is 256 Å². The van der Waals surface area contributed by atoms with Gasteiger partial charge in [-0.25, -0.2) is 57.7 Å². The second kappa shape index (κ2) is 49.4. The summed E-state index contributed by atoms with van der Waals surface area (Å²) in [7, 11) is -31.1. The topological polar surface area (TPSA) is 838 Å². The maximum Gasteiger partial charge on any atom is 0.473 e. The van der Waals surface area contributed by atoms with Crippen LogP contribution in [-0.4, -0.2) is 228 Å². The smallest absolute Gasteiger partial charge is 0.394 e. The standard InChI is InChI=1S/C87H82N25O33P5/c88-67-55(37-90-84(101-67)108-76(117)51-28-14-4-15-29-51)97-81(122)62(143-148(130,131)136-42-61(141-146(125,126)127)80(121)98-56-38-91-85(109-77(118)52-30-16-5-17-31-52)105-69(56)102-73(114)48-22-8-1-9-23-48)43-138-149(132,133)145-64(83(124)100-58-40-93-87(111-79(120)54-34-20-7-21-35-54)107-71(58)104-75(116)50-26-12-3-13-27-50)45-139-150(134,135)144-63(44-137-147(128,129)142-59-36-65(140-60(59)41-113)112-47-96-66-68(89)94-46-95-72(66)112)82(123)99-57-39-92-86(110-78(119)53-32-18-6-19-33-53)106-70(57)103-74(115)49-24-10-2-11-25-49/h1-35,37-40,46-47,59-65,113H,36,41-45H2,(H,97,122)(H,98,121)(H,99,123)(H,100,124)(H,128,129)(H,130,131)(H,132,133)(H,134,135)(H2,89,94,95)(H2,125,126,127)(H3,88,90,101,108,117)(H2,91,102,105,109,114,118)(H2,92,103,106,110,115,119)(H2,93,104,107,111,116,120)/t59-,60+,61+,62+,63+,64+,65+/m0/s1. The number of hydrogen-bond acceptors (Lipinski definition) is 40. The van der Waals surface area contributed by atoms with Gasteiger partial charge in [0.1, 0.15) is 53.0 Å². The fraction of sp³-hybridized carbons (Fsp3) is 0.149. The first-order chi connectivity index (χ1) is 71.6. The van der Waals surface area contributed by atoms with Gasteiger partial charge in [-0.3, -0.25) is 119 Å². The van der Waals surface area contributed by atoms with Crippen molar-refractivity contribution in [1.29, 1.82) is 0 Å². The van der Waals surface area contributed by atoms with Crippen molar-refractivity contribution >= 4 is 191 Å². The van der Waals surface area contributed by atoms with Gasteiger partial charge in [-0.1, -0.05) is 127 Å². The van der Waals surface area contributed by atoms with Crippen LogP contribution >= 0.6 is 39.1 Å². The van der Waals surface area contributed by atoms with Crippen LogP contribution in [0.1, 0.15) is 85.2 Å². The van der Waals surface area contributed by atoms with E-state index in [9.17, 15) is 100 Å². The quantitative estimate of drug-likeness (QED) is 0.0167. The Bertz CT molecular complexity index is 7440. The van der Waals surface area contributed by atoms with Crippen molar-refractivity contribution in [3.05, 3.63) is 289 Å². The number of nitrogens with zero attached hydrogens (tertiary/aromatic N) is 12. The number of nitrogens with two attached hydrogens (primary N) is 2. The fourth-order valence-electron chi connectivity index (χ4n) is 13.1. The van der Waals surface area contributed by atoms with E-state index in [1.165, 1.54) is 187 Å². The summed E-state index contributed by atoms with van der Waals surface area (Å²) in [5, 5.41) is 35.7. The molecule has 11 amide bonds. The number of aliphatic hydroxyl groups excluding tert-OH is 1. The SMILES string of the molecule is Nc1nc(NC(=O)c2ccccc2)ncc1NC(=O)[C@@H](COP(=O)(O)O[C@H](COP(=O)(O)O[C@H](COP(=O)(O)O[C@H]1C[C@H](n2cnc3c(N)ncnc32)O[C@@H]1CO)C(=O)Nc1cnc(NC(=O)c2ccccc2)nc1NC(=O)c1ccccc1)C(=O)Nc1cnc(NC(=O)c2ccccc2)nc1NC(=O)c1ccccc1)OP(=O)(O)OC[C@@H](OP(=O)(O)O)C(=O)Nc1cnc(NC(=O)c2ccccc2)nc1NC(=O)c1ccccc1. The zero-order valence-corrected chi connectivity index (χ0v) is 80.9. The van der Waals surface area contributed by atoms with Crippen molar-refractivity contribution < 1.29 is 155 Å². The van der Waals surface area contributed by atoms with E-state index in [-0.39, 0.29) is 55.9 Å². The van der Waals surface area contributed by atoms with Gasteiger partial charge >= 0.3 is 39.1 Å². The lowest BCUT2D eigenvalue weighted by atomic mass is 10.2. The van der Waals surface area contributed by atoms with Crippen LogP contribution in [-0.2, 0) is 87.5 Å². The minimum absolute atomic E-state index is 0.0160. The molecule has 150 heavy (non-hydrogen) atoms. The molecule has 0 radical (unpaired) electrons. The average molecular weight is 2160 g/mol. The van der Waals surface area contributed by atoms with Crippen LogP contribution in [0.25, 0.3) is 11.2 Å². The number of rotatable bonds is 46. The molecule has 11 atom stereocenters. The first-order valence-electron chi connectivity index (χ1n) is 43.2. The maximum absolute atomic E-state index is 15.2. The molecule has 1 aliphatic heterocycles. The number of amides is 11.